The average molecular weight is 1470 g/mol. The van der Waals surface area contributed by atoms with Crippen LogP contribution >= 0.6 is 15.6 Å². The third-order valence-electron chi connectivity index (χ3n) is 16.1. The van der Waals surface area contributed by atoms with E-state index >= 15 is 0 Å². The van der Waals surface area contributed by atoms with E-state index in [9.17, 15) is 43.2 Å². The van der Waals surface area contributed by atoms with Gasteiger partial charge in [0.1, 0.15) is 19.3 Å². The van der Waals surface area contributed by atoms with Gasteiger partial charge in [-0.2, -0.15) is 0 Å². The number of esters is 4. The standard InChI is InChI=1S/C83H140O17P2/c1-5-9-13-17-21-25-29-32-35-37-38-40-42-45-49-52-56-60-64-68-81(86)94-74-79(100-83(88)70-66-62-58-54-50-46-43-39-36-33-30-26-22-18-14-10-6-2)76-98-102(91,92)96-72-77(84)71-95-101(89,90)97-75-78(99-82(87)69-65-61-57-53-47-28-24-20-16-12-8-4)73-93-80(85)67-63-59-55-51-48-44-41-34-31-27-23-19-15-11-7-3/h9-10,13-14,20-27,32-36,38,40-41,43,46,77-79,84H,5-8,11-12,15-19,28-31,37,39,42,44-45,47-76H2,1-4H3,(H,89,90)(H,91,92)/b13-9-,14-10-,24-20-,25-21-,26-22-,27-23-,35-32-,36-33-,40-38-,41-34-,46-43-. The van der Waals surface area contributed by atoms with Crippen LogP contribution in [-0.2, 0) is 65.4 Å². The lowest BCUT2D eigenvalue weighted by molar-refractivity contribution is -0.161. The number of carbonyl (C=O) groups is 4. The van der Waals surface area contributed by atoms with Crippen LogP contribution in [0.5, 0.6) is 0 Å². The van der Waals surface area contributed by atoms with E-state index in [1.165, 1.54) is 32.1 Å². The van der Waals surface area contributed by atoms with Crippen molar-refractivity contribution >= 4 is 39.5 Å². The maximum absolute atomic E-state index is 13.1. The summed E-state index contributed by atoms with van der Waals surface area (Å²) in [7, 11) is -9.97. The number of carbonyl (C=O) groups excluding carboxylic acids is 4. The lowest BCUT2D eigenvalue weighted by Gasteiger charge is -2.21. The van der Waals surface area contributed by atoms with E-state index in [4.69, 9.17) is 37.0 Å². The molecule has 0 spiro atoms. The Morgan fingerprint density at radius 1 is 0.284 bits per heavy atom. The minimum Gasteiger partial charge on any atom is -0.462 e. The van der Waals surface area contributed by atoms with Crippen LogP contribution in [0.15, 0.2) is 134 Å². The third kappa shape index (κ3) is 73.5. The van der Waals surface area contributed by atoms with E-state index in [0.717, 1.165) is 199 Å². The number of phosphoric ester groups is 2. The van der Waals surface area contributed by atoms with Gasteiger partial charge in [-0.1, -0.05) is 264 Å². The minimum absolute atomic E-state index is 0.0598. The van der Waals surface area contributed by atoms with Crippen LogP contribution in [0.1, 0.15) is 310 Å². The summed E-state index contributed by atoms with van der Waals surface area (Å²) in [4.78, 5) is 72.9. The summed E-state index contributed by atoms with van der Waals surface area (Å²) in [6, 6.07) is 0. The monoisotopic (exact) mass is 1470 g/mol. The molecular formula is C83H140O17P2. The number of ether oxygens (including phenoxy) is 4. The Hall–Kier alpha value is -4.80. The summed E-state index contributed by atoms with van der Waals surface area (Å²) < 4.78 is 68.5. The molecule has 0 fully saturated rings. The van der Waals surface area contributed by atoms with Gasteiger partial charge in [0.15, 0.2) is 12.2 Å². The van der Waals surface area contributed by atoms with Crippen LogP contribution in [-0.4, -0.2) is 96.7 Å². The highest BCUT2D eigenvalue weighted by Crippen LogP contribution is 2.45. The normalized spacial score (nSPS) is 14.6. The molecule has 0 rings (SSSR count). The molecule has 5 atom stereocenters. The molecule has 0 saturated heterocycles. The fourth-order valence-electron chi connectivity index (χ4n) is 10.1. The Balaban J connectivity index is 5.38. The lowest BCUT2D eigenvalue weighted by atomic mass is 10.1. The summed E-state index contributed by atoms with van der Waals surface area (Å²) in [6.45, 7) is 4.52. The van der Waals surface area contributed by atoms with Crippen LogP contribution in [0.3, 0.4) is 0 Å². The van der Waals surface area contributed by atoms with Gasteiger partial charge in [-0.3, -0.25) is 37.3 Å². The number of hydrogen-bond donors (Lipinski definition) is 3. The largest absolute Gasteiger partial charge is 0.472 e. The Morgan fingerprint density at radius 2 is 0.520 bits per heavy atom. The van der Waals surface area contributed by atoms with Crippen molar-refractivity contribution in [2.24, 2.45) is 0 Å². The third-order valence-corrected chi connectivity index (χ3v) is 18.0. The lowest BCUT2D eigenvalue weighted by Crippen LogP contribution is -2.30. The predicted molar refractivity (Wildman–Crippen MR) is 418 cm³/mol. The second kappa shape index (κ2) is 74.5. The highest BCUT2D eigenvalue weighted by Gasteiger charge is 2.30. The zero-order valence-electron chi connectivity index (χ0n) is 63.7. The molecule has 19 heteroatoms. The van der Waals surface area contributed by atoms with Crippen molar-refractivity contribution < 1.29 is 80.2 Å². The van der Waals surface area contributed by atoms with E-state index in [1.807, 2.05) is 0 Å². The second-order valence-corrected chi connectivity index (χ2v) is 28.8. The second-order valence-electron chi connectivity index (χ2n) is 25.9. The highest BCUT2D eigenvalue weighted by molar-refractivity contribution is 7.47. The van der Waals surface area contributed by atoms with Gasteiger partial charge >= 0.3 is 39.5 Å². The summed E-state index contributed by atoms with van der Waals surface area (Å²) in [5.74, 6) is -2.24. The molecular weight excluding hydrogens is 1330 g/mol. The van der Waals surface area contributed by atoms with Crippen LogP contribution in [0, 0.1) is 0 Å². The molecule has 0 aliphatic heterocycles. The van der Waals surface area contributed by atoms with Gasteiger partial charge in [-0.25, -0.2) is 9.13 Å². The maximum atomic E-state index is 13.1. The molecule has 5 unspecified atom stereocenters. The van der Waals surface area contributed by atoms with Crippen LogP contribution in [0.2, 0.25) is 0 Å². The molecule has 0 aromatic carbocycles. The molecule has 0 aliphatic rings. The molecule has 0 aromatic rings. The molecule has 102 heavy (non-hydrogen) atoms. The predicted octanol–water partition coefficient (Wildman–Crippen LogP) is 22.9. The molecule has 3 N–H and O–H groups in total. The van der Waals surface area contributed by atoms with Crippen LogP contribution < -0.4 is 0 Å². The molecule has 0 saturated carbocycles. The number of allylic oxidation sites excluding steroid dienone is 22. The van der Waals surface area contributed by atoms with Gasteiger partial charge in [-0.15, -0.1) is 0 Å². The van der Waals surface area contributed by atoms with Crippen molar-refractivity contribution in [1.82, 2.24) is 0 Å². The smallest absolute Gasteiger partial charge is 0.462 e. The van der Waals surface area contributed by atoms with Crippen molar-refractivity contribution in [3.05, 3.63) is 134 Å². The van der Waals surface area contributed by atoms with E-state index in [1.54, 1.807) is 0 Å². The fourth-order valence-corrected chi connectivity index (χ4v) is 11.7. The van der Waals surface area contributed by atoms with Crippen molar-refractivity contribution in [1.29, 1.82) is 0 Å². The van der Waals surface area contributed by atoms with Gasteiger partial charge in [0.2, 0.25) is 0 Å². The first kappa shape index (κ1) is 97.2. The van der Waals surface area contributed by atoms with Gasteiger partial charge < -0.3 is 33.8 Å². The summed E-state index contributed by atoms with van der Waals surface area (Å²) in [6.07, 6.45) is 82.9. The highest BCUT2D eigenvalue weighted by atomic mass is 31.2. The Kier molecular flexibility index (Phi) is 71.0. The summed E-state index contributed by atoms with van der Waals surface area (Å²) in [5, 5.41) is 10.6. The SMILES string of the molecule is CC/C=C\C/C=C\C/C=C\C/C=C\CCCCCCCCC(=O)OCC(COP(=O)(O)OCC(O)COP(=O)(O)OCC(COC(=O)CCCCCCC/C=C\C/C=C\CCCCC)OC(=O)CCCCCCC/C=C\CCCC)OC(=O)CCCCCC/C=C\C/C=C\C/C=C\C/C=C\CC. The number of unbranched alkanes of at least 4 members (excludes halogenated alkanes) is 25. The topological polar surface area (TPSA) is 237 Å². The number of hydrogen-bond acceptors (Lipinski definition) is 15. The van der Waals surface area contributed by atoms with Gasteiger partial charge in [0.05, 0.1) is 26.4 Å². The van der Waals surface area contributed by atoms with Crippen molar-refractivity contribution in [2.45, 2.75) is 329 Å². The number of rotatable bonds is 73. The van der Waals surface area contributed by atoms with Crippen molar-refractivity contribution in [2.75, 3.05) is 39.6 Å². The van der Waals surface area contributed by atoms with Gasteiger partial charge in [0, 0.05) is 25.7 Å². The molecule has 17 nitrogen and oxygen atoms in total. The molecule has 0 aromatic heterocycles. The Labute approximate surface area is 618 Å². The minimum atomic E-state index is -4.99. The molecule has 584 valence electrons. The average Bonchev–Trinajstić information content (AvgIpc) is 0.921. The summed E-state index contributed by atoms with van der Waals surface area (Å²) in [5.41, 5.74) is 0. The molecule has 0 amide bonds. The molecule has 0 bridgehead atoms. The number of aliphatic hydroxyl groups excluding tert-OH is 1. The first-order valence-electron chi connectivity index (χ1n) is 39.4. The van der Waals surface area contributed by atoms with Crippen LogP contribution in [0.25, 0.3) is 0 Å². The Bertz CT molecular complexity index is 2460. The van der Waals surface area contributed by atoms with Crippen LogP contribution in [0.4, 0.5) is 0 Å². The van der Waals surface area contributed by atoms with Crippen molar-refractivity contribution in [3.8, 4) is 0 Å². The quantitative estimate of drug-likeness (QED) is 0.0169. The first-order chi connectivity index (χ1) is 49.7. The molecule has 0 heterocycles. The van der Waals surface area contributed by atoms with E-state index in [2.05, 4.69) is 161 Å². The van der Waals surface area contributed by atoms with E-state index in [0.29, 0.717) is 25.7 Å². The number of aliphatic hydroxyl groups is 1. The van der Waals surface area contributed by atoms with E-state index in [-0.39, 0.29) is 25.7 Å². The van der Waals surface area contributed by atoms with E-state index < -0.39 is 97.5 Å². The Morgan fingerprint density at radius 3 is 0.824 bits per heavy atom. The zero-order valence-corrected chi connectivity index (χ0v) is 65.5. The first-order valence-corrected chi connectivity index (χ1v) is 42.4. The zero-order chi connectivity index (χ0) is 74.6. The molecule has 0 radical (unpaired) electrons. The van der Waals surface area contributed by atoms with Crippen molar-refractivity contribution in [3.63, 3.8) is 0 Å². The molecule has 0 aliphatic carbocycles. The van der Waals surface area contributed by atoms with Gasteiger partial charge in [0.25, 0.3) is 0 Å². The summed E-state index contributed by atoms with van der Waals surface area (Å²) >= 11 is 0. The fraction of sp³-hybridized carbons (Fsp3) is 0.687. The van der Waals surface area contributed by atoms with Gasteiger partial charge in [-0.05, 0) is 154 Å². The number of phosphoric acid groups is 2. The maximum Gasteiger partial charge on any atom is 0.472 e.